The number of carbonyl (C=O) groups is 1. The molecule has 0 saturated carbocycles. The van der Waals surface area contributed by atoms with Gasteiger partial charge in [-0.2, -0.15) is 0 Å². The van der Waals surface area contributed by atoms with Gasteiger partial charge in [0.05, 0.1) is 12.7 Å². The number of aryl methyl sites for hydroxylation is 3. The largest absolute Gasteiger partial charge is 0.496 e. The second kappa shape index (κ2) is 5.91. The molecule has 0 N–H and O–H groups in total. The maximum atomic E-state index is 12.5. The van der Waals surface area contributed by atoms with Gasteiger partial charge in [-0.15, -0.1) is 0 Å². The van der Waals surface area contributed by atoms with Crippen LogP contribution in [-0.4, -0.2) is 12.9 Å². The number of ketones is 1. The van der Waals surface area contributed by atoms with Crippen LogP contribution in [0, 0.1) is 20.8 Å². The van der Waals surface area contributed by atoms with Crippen molar-refractivity contribution in [1.29, 1.82) is 0 Å². The van der Waals surface area contributed by atoms with E-state index in [2.05, 4.69) is 18.2 Å². The van der Waals surface area contributed by atoms with E-state index in [1.54, 1.807) is 7.11 Å². The summed E-state index contributed by atoms with van der Waals surface area (Å²) in [4.78, 5) is 12.5. The lowest BCUT2D eigenvalue weighted by Crippen LogP contribution is -2.07. The zero-order valence-electron chi connectivity index (χ0n) is 12.5. The lowest BCUT2D eigenvalue weighted by atomic mass is 9.96. The van der Waals surface area contributed by atoms with Crippen molar-refractivity contribution >= 4 is 5.78 Å². The summed E-state index contributed by atoms with van der Waals surface area (Å²) in [5, 5.41) is 0. The van der Waals surface area contributed by atoms with Crippen LogP contribution < -0.4 is 4.74 Å². The molecule has 2 heteroatoms. The molecule has 104 valence electrons. The molecule has 0 aliphatic carbocycles. The number of carbonyl (C=O) groups excluding carboxylic acids is 1. The molecule has 0 radical (unpaired) electrons. The highest BCUT2D eigenvalue weighted by Gasteiger charge is 2.14. The molecule has 0 heterocycles. The van der Waals surface area contributed by atoms with Crippen LogP contribution in [0.15, 0.2) is 36.4 Å². The number of hydrogen-bond acceptors (Lipinski definition) is 2. The second-order valence-corrected chi connectivity index (χ2v) is 5.23. The van der Waals surface area contributed by atoms with Crippen LogP contribution in [0.25, 0.3) is 0 Å². The first kappa shape index (κ1) is 14.3. The molecule has 0 unspecified atom stereocenters. The predicted octanol–water partition coefficient (Wildman–Crippen LogP) is 4.05. The fraction of sp³-hybridized carbons (Fsp3) is 0.278. The SMILES string of the molecule is COc1ccc(C)cc1C(=O)Cc1cc(C)ccc1C. The van der Waals surface area contributed by atoms with Crippen LogP contribution in [0.4, 0.5) is 0 Å². The molecule has 2 aromatic rings. The van der Waals surface area contributed by atoms with E-state index in [0.29, 0.717) is 17.7 Å². The van der Waals surface area contributed by atoms with Crippen molar-refractivity contribution in [2.24, 2.45) is 0 Å². The van der Waals surface area contributed by atoms with Gasteiger partial charge in [0, 0.05) is 6.42 Å². The van der Waals surface area contributed by atoms with E-state index in [4.69, 9.17) is 4.74 Å². The Balaban J connectivity index is 2.32. The van der Waals surface area contributed by atoms with Crippen LogP contribution in [0.2, 0.25) is 0 Å². The minimum Gasteiger partial charge on any atom is -0.496 e. The molecular formula is C18H20O2. The van der Waals surface area contributed by atoms with E-state index in [1.165, 1.54) is 5.56 Å². The van der Waals surface area contributed by atoms with Gasteiger partial charge in [0.15, 0.2) is 5.78 Å². The highest BCUT2D eigenvalue weighted by molar-refractivity contribution is 6.00. The van der Waals surface area contributed by atoms with Crippen LogP contribution in [0.3, 0.4) is 0 Å². The van der Waals surface area contributed by atoms with Crippen LogP contribution in [0.1, 0.15) is 32.6 Å². The molecule has 0 aliphatic rings. The van der Waals surface area contributed by atoms with Crippen LogP contribution in [0.5, 0.6) is 5.75 Å². The van der Waals surface area contributed by atoms with Gasteiger partial charge in [-0.1, -0.05) is 35.4 Å². The summed E-state index contributed by atoms with van der Waals surface area (Å²) >= 11 is 0. The first-order chi connectivity index (χ1) is 9.51. The topological polar surface area (TPSA) is 26.3 Å². The molecule has 0 amide bonds. The molecule has 0 saturated heterocycles. The second-order valence-electron chi connectivity index (χ2n) is 5.23. The molecule has 2 rings (SSSR count). The highest BCUT2D eigenvalue weighted by atomic mass is 16.5. The van der Waals surface area contributed by atoms with Crippen molar-refractivity contribution in [2.45, 2.75) is 27.2 Å². The molecule has 20 heavy (non-hydrogen) atoms. The van der Waals surface area contributed by atoms with Gasteiger partial charge in [-0.25, -0.2) is 0 Å². The summed E-state index contributed by atoms with van der Waals surface area (Å²) in [6, 6.07) is 11.9. The first-order valence-electron chi connectivity index (χ1n) is 6.75. The number of Topliss-reactive ketones (excluding diaryl/α,β-unsaturated/α-hetero) is 1. The maximum Gasteiger partial charge on any atom is 0.170 e. The van der Waals surface area contributed by atoms with Crippen LogP contribution in [-0.2, 0) is 6.42 Å². The predicted molar refractivity (Wildman–Crippen MR) is 81.7 cm³/mol. The van der Waals surface area contributed by atoms with Crippen molar-refractivity contribution in [3.8, 4) is 5.75 Å². The summed E-state index contributed by atoms with van der Waals surface area (Å²) in [7, 11) is 1.60. The lowest BCUT2D eigenvalue weighted by molar-refractivity contribution is 0.0989. The van der Waals surface area contributed by atoms with E-state index >= 15 is 0 Å². The lowest BCUT2D eigenvalue weighted by Gasteiger charge is -2.10. The smallest absolute Gasteiger partial charge is 0.170 e. The average molecular weight is 268 g/mol. The summed E-state index contributed by atoms with van der Waals surface area (Å²) in [5.74, 6) is 0.741. The Hall–Kier alpha value is -2.09. The van der Waals surface area contributed by atoms with E-state index in [0.717, 1.165) is 16.7 Å². The Kier molecular flexibility index (Phi) is 4.23. The monoisotopic (exact) mass is 268 g/mol. The van der Waals surface area contributed by atoms with Crippen molar-refractivity contribution < 1.29 is 9.53 Å². The van der Waals surface area contributed by atoms with E-state index in [9.17, 15) is 4.79 Å². The van der Waals surface area contributed by atoms with E-state index in [-0.39, 0.29) is 5.78 Å². The molecule has 2 nitrogen and oxygen atoms in total. The Labute approximate surface area is 120 Å². The van der Waals surface area contributed by atoms with Crippen molar-refractivity contribution in [3.05, 3.63) is 64.2 Å². The fourth-order valence-electron chi connectivity index (χ4n) is 2.30. The van der Waals surface area contributed by atoms with Gasteiger partial charge in [0.1, 0.15) is 5.75 Å². The van der Waals surface area contributed by atoms with Gasteiger partial charge < -0.3 is 4.74 Å². The molecule has 0 aliphatic heterocycles. The van der Waals surface area contributed by atoms with Gasteiger partial charge in [0.25, 0.3) is 0 Å². The minimum absolute atomic E-state index is 0.0965. The maximum absolute atomic E-state index is 12.5. The number of hydrogen-bond donors (Lipinski definition) is 0. The zero-order chi connectivity index (χ0) is 14.7. The first-order valence-corrected chi connectivity index (χ1v) is 6.75. The minimum atomic E-state index is 0.0965. The normalized spacial score (nSPS) is 10.4. The third-order valence-electron chi connectivity index (χ3n) is 3.51. The standard InChI is InChI=1S/C18H20O2/c1-12-5-7-14(3)15(9-12)11-17(19)16-10-13(2)6-8-18(16)20-4/h5-10H,11H2,1-4H3. The number of rotatable bonds is 4. The van der Waals surface area contributed by atoms with Crippen molar-refractivity contribution in [3.63, 3.8) is 0 Å². The summed E-state index contributed by atoms with van der Waals surface area (Å²) in [6.07, 6.45) is 0.410. The summed E-state index contributed by atoms with van der Waals surface area (Å²) in [5.41, 5.74) is 5.13. The Morgan fingerprint density at radius 3 is 2.35 bits per heavy atom. The van der Waals surface area contributed by atoms with Gasteiger partial charge in [0.2, 0.25) is 0 Å². The van der Waals surface area contributed by atoms with Gasteiger partial charge in [-0.05, 0) is 44.0 Å². The molecule has 0 spiro atoms. The number of methoxy groups -OCH3 is 1. The number of ether oxygens (including phenoxy) is 1. The number of benzene rings is 2. The molecule has 0 fully saturated rings. The highest BCUT2D eigenvalue weighted by Crippen LogP contribution is 2.22. The van der Waals surface area contributed by atoms with E-state index in [1.807, 2.05) is 39.0 Å². The Bertz CT molecular complexity index is 642. The third-order valence-corrected chi connectivity index (χ3v) is 3.51. The summed E-state index contributed by atoms with van der Waals surface area (Å²) in [6.45, 7) is 6.06. The quantitative estimate of drug-likeness (QED) is 0.782. The fourth-order valence-corrected chi connectivity index (χ4v) is 2.30. The molecule has 0 aromatic heterocycles. The van der Waals surface area contributed by atoms with Gasteiger partial charge >= 0.3 is 0 Å². The molecule has 0 atom stereocenters. The Morgan fingerprint density at radius 1 is 1.00 bits per heavy atom. The van der Waals surface area contributed by atoms with Crippen molar-refractivity contribution in [2.75, 3.05) is 7.11 Å². The average Bonchev–Trinajstić information content (AvgIpc) is 2.42. The zero-order valence-corrected chi connectivity index (χ0v) is 12.5. The van der Waals surface area contributed by atoms with Gasteiger partial charge in [-0.3, -0.25) is 4.79 Å². The summed E-state index contributed by atoms with van der Waals surface area (Å²) < 4.78 is 5.29. The molecular weight excluding hydrogens is 248 g/mol. The molecule has 2 aromatic carbocycles. The van der Waals surface area contributed by atoms with Crippen molar-refractivity contribution in [1.82, 2.24) is 0 Å². The Morgan fingerprint density at radius 2 is 1.65 bits per heavy atom. The van der Waals surface area contributed by atoms with E-state index < -0.39 is 0 Å². The van der Waals surface area contributed by atoms with Crippen LogP contribution >= 0.6 is 0 Å². The molecule has 0 bridgehead atoms. The third kappa shape index (κ3) is 3.08.